The number of nitrogens with two attached hydrogens (primary N) is 3. The Hall–Kier alpha value is -1.50. The van der Waals surface area contributed by atoms with Crippen LogP contribution in [0.15, 0.2) is 5.10 Å². The highest BCUT2D eigenvalue weighted by Crippen LogP contribution is 1.87. The number of guanidine groups is 1. The molecule has 0 aromatic heterocycles. The quantitative estimate of drug-likeness (QED) is 0.210. The zero-order chi connectivity index (χ0) is 10.9. The second kappa shape index (κ2) is 11.5. The van der Waals surface area contributed by atoms with Crippen molar-refractivity contribution in [1.29, 1.82) is 0 Å². The molecule has 0 rings (SSSR count). The lowest BCUT2D eigenvalue weighted by Gasteiger charge is -1.86. The summed E-state index contributed by atoms with van der Waals surface area (Å²) in [6, 6.07) is 0. The Labute approximate surface area is 87.7 Å². The second-order valence-corrected chi connectivity index (χ2v) is 2.15. The molecular formula is C6H15ClN4O3. The Morgan fingerprint density at radius 3 is 1.71 bits per heavy atom. The van der Waals surface area contributed by atoms with Gasteiger partial charge < -0.3 is 27.2 Å². The molecule has 0 aliphatic heterocycles. The first-order chi connectivity index (χ1) is 5.90. The van der Waals surface area contributed by atoms with E-state index in [4.69, 9.17) is 16.6 Å². The minimum atomic E-state index is -0.916. The van der Waals surface area contributed by atoms with Gasteiger partial charge in [0.2, 0.25) is 5.96 Å². The van der Waals surface area contributed by atoms with E-state index in [1.807, 2.05) is 0 Å². The molecular weight excluding hydrogens is 212 g/mol. The SMILES string of the molecule is CC(=O)CCC(=O)O.Cl.NN=C(N)N. The van der Waals surface area contributed by atoms with Gasteiger partial charge in [-0.2, -0.15) is 0 Å². The van der Waals surface area contributed by atoms with Crippen molar-refractivity contribution in [2.75, 3.05) is 0 Å². The van der Waals surface area contributed by atoms with Crippen molar-refractivity contribution in [2.45, 2.75) is 19.8 Å². The number of carbonyl (C=O) groups is 2. The third-order valence-electron chi connectivity index (χ3n) is 0.840. The summed E-state index contributed by atoms with van der Waals surface area (Å²) in [5.74, 6) is 3.42. The number of hydrogen-bond donors (Lipinski definition) is 4. The van der Waals surface area contributed by atoms with Gasteiger partial charge in [0.1, 0.15) is 5.78 Å². The van der Waals surface area contributed by atoms with Gasteiger partial charge in [-0.15, -0.1) is 17.5 Å². The zero-order valence-corrected chi connectivity index (χ0v) is 8.58. The maximum absolute atomic E-state index is 10.1. The van der Waals surface area contributed by atoms with Crippen molar-refractivity contribution in [1.82, 2.24) is 0 Å². The van der Waals surface area contributed by atoms with Crippen LogP contribution in [0.1, 0.15) is 19.8 Å². The lowest BCUT2D eigenvalue weighted by atomic mass is 10.2. The maximum Gasteiger partial charge on any atom is 0.303 e. The smallest absolute Gasteiger partial charge is 0.303 e. The molecule has 0 aliphatic carbocycles. The highest BCUT2D eigenvalue weighted by atomic mass is 35.5. The summed E-state index contributed by atoms with van der Waals surface area (Å²) in [5.41, 5.74) is 9.39. The van der Waals surface area contributed by atoms with Gasteiger partial charge in [-0.3, -0.25) is 4.79 Å². The van der Waals surface area contributed by atoms with E-state index in [2.05, 4.69) is 10.9 Å². The summed E-state index contributed by atoms with van der Waals surface area (Å²) < 4.78 is 0. The van der Waals surface area contributed by atoms with Crippen molar-refractivity contribution in [3.8, 4) is 0 Å². The molecule has 0 aromatic rings. The van der Waals surface area contributed by atoms with Gasteiger partial charge in [-0.05, 0) is 6.92 Å². The number of aliphatic carboxylic acids is 1. The van der Waals surface area contributed by atoms with Gasteiger partial charge in [0, 0.05) is 6.42 Å². The molecule has 8 heteroatoms. The van der Waals surface area contributed by atoms with E-state index in [9.17, 15) is 9.59 Å². The van der Waals surface area contributed by atoms with Gasteiger partial charge >= 0.3 is 5.97 Å². The molecule has 14 heavy (non-hydrogen) atoms. The molecule has 0 bridgehead atoms. The van der Waals surface area contributed by atoms with Crippen LogP contribution in [0.5, 0.6) is 0 Å². The Morgan fingerprint density at radius 2 is 1.64 bits per heavy atom. The van der Waals surface area contributed by atoms with Crippen LogP contribution >= 0.6 is 12.4 Å². The molecule has 0 aliphatic rings. The highest BCUT2D eigenvalue weighted by molar-refractivity contribution is 5.85. The van der Waals surface area contributed by atoms with Gasteiger partial charge in [-0.25, -0.2) is 0 Å². The molecule has 0 amide bonds. The zero-order valence-electron chi connectivity index (χ0n) is 7.77. The van der Waals surface area contributed by atoms with Crippen LogP contribution in [0.3, 0.4) is 0 Å². The molecule has 0 atom stereocenters. The van der Waals surface area contributed by atoms with E-state index in [1.54, 1.807) is 0 Å². The number of carboxylic acids is 1. The van der Waals surface area contributed by atoms with Gasteiger partial charge in [0.15, 0.2) is 0 Å². The van der Waals surface area contributed by atoms with E-state index < -0.39 is 5.97 Å². The number of carbonyl (C=O) groups excluding carboxylic acids is 1. The number of ketones is 1. The Kier molecular flexibility index (Phi) is 15.0. The van der Waals surface area contributed by atoms with E-state index >= 15 is 0 Å². The van der Waals surface area contributed by atoms with Crippen molar-refractivity contribution in [2.24, 2.45) is 22.4 Å². The van der Waals surface area contributed by atoms with Crippen molar-refractivity contribution in [3.05, 3.63) is 0 Å². The molecule has 0 spiro atoms. The number of hydrogen-bond acceptors (Lipinski definition) is 4. The third kappa shape index (κ3) is 31.3. The minimum Gasteiger partial charge on any atom is -0.481 e. The topological polar surface area (TPSA) is 145 Å². The number of carboxylic acid groups (broad SMARTS) is 1. The Balaban J connectivity index is -0.000000177. The van der Waals surface area contributed by atoms with E-state index in [1.165, 1.54) is 6.92 Å². The average molecular weight is 227 g/mol. The second-order valence-electron chi connectivity index (χ2n) is 2.15. The van der Waals surface area contributed by atoms with Crippen LogP contribution < -0.4 is 17.3 Å². The molecule has 0 aromatic carbocycles. The summed E-state index contributed by atoms with van der Waals surface area (Å²) in [5, 5.41) is 10.9. The predicted octanol–water partition coefficient (Wildman–Crippen LogP) is -1.00. The molecule has 0 unspecified atom stereocenters. The third-order valence-corrected chi connectivity index (χ3v) is 0.840. The fraction of sp³-hybridized carbons (Fsp3) is 0.500. The van der Waals surface area contributed by atoms with Gasteiger partial charge in [0.05, 0.1) is 6.42 Å². The lowest BCUT2D eigenvalue weighted by molar-refractivity contribution is -0.138. The number of halogens is 1. The number of hydrazone groups is 1. The first-order valence-corrected chi connectivity index (χ1v) is 3.40. The summed E-state index contributed by atoms with van der Waals surface area (Å²) in [6.07, 6.45) is 0.102. The molecule has 0 saturated heterocycles. The normalized spacial score (nSPS) is 7.21. The number of rotatable bonds is 3. The van der Waals surface area contributed by atoms with Crippen molar-refractivity contribution >= 4 is 30.1 Å². The molecule has 0 radical (unpaired) electrons. The van der Waals surface area contributed by atoms with Crippen LogP contribution in [-0.2, 0) is 9.59 Å². The van der Waals surface area contributed by atoms with E-state index in [0.29, 0.717) is 0 Å². The Bertz CT molecular complexity index is 189. The largest absolute Gasteiger partial charge is 0.481 e. The number of nitrogens with zero attached hydrogens (tertiary/aromatic N) is 1. The first kappa shape index (κ1) is 18.3. The van der Waals surface area contributed by atoms with Crippen LogP contribution in [0.4, 0.5) is 0 Å². The maximum atomic E-state index is 10.1. The van der Waals surface area contributed by atoms with E-state index in [0.717, 1.165) is 0 Å². The predicted molar refractivity (Wildman–Crippen MR) is 54.8 cm³/mol. The molecule has 7 N–H and O–H groups in total. The van der Waals surface area contributed by atoms with Crippen LogP contribution in [0.25, 0.3) is 0 Å². The monoisotopic (exact) mass is 226 g/mol. The minimum absolute atomic E-state index is 0. The summed E-state index contributed by atoms with van der Waals surface area (Å²) in [4.78, 5) is 19.8. The first-order valence-electron chi connectivity index (χ1n) is 3.40. The van der Waals surface area contributed by atoms with Crippen LogP contribution in [-0.4, -0.2) is 22.8 Å². The fourth-order valence-corrected chi connectivity index (χ4v) is 0.283. The van der Waals surface area contributed by atoms with E-state index in [-0.39, 0.29) is 37.0 Å². The van der Waals surface area contributed by atoms with Crippen molar-refractivity contribution < 1.29 is 14.7 Å². The number of Topliss-reactive ketones (excluding diaryl/α,β-unsaturated/α-hetero) is 1. The van der Waals surface area contributed by atoms with Crippen LogP contribution in [0, 0.1) is 0 Å². The lowest BCUT2D eigenvalue weighted by Crippen LogP contribution is -2.23. The average Bonchev–Trinajstić information content (AvgIpc) is 2.02. The summed E-state index contributed by atoms with van der Waals surface area (Å²) >= 11 is 0. The van der Waals surface area contributed by atoms with Crippen LogP contribution in [0.2, 0.25) is 0 Å². The molecule has 0 fully saturated rings. The van der Waals surface area contributed by atoms with Gasteiger partial charge in [0.25, 0.3) is 0 Å². The summed E-state index contributed by atoms with van der Waals surface area (Å²) in [7, 11) is 0. The Morgan fingerprint density at radius 1 is 1.29 bits per heavy atom. The molecule has 84 valence electrons. The molecule has 7 nitrogen and oxygen atoms in total. The van der Waals surface area contributed by atoms with Gasteiger partial charge in [-0.1, -0.05) is 0 Å². The van der Waals surface area contributed by atoms with Crippen molar-refractivity contribution in [3.63, 3.8) is 0 Å². The summed E-state index contributed by atoms with van der Waals surface area (Å²) in [6.45, 7) is 1.38. The molecule has 0 heterocycles. The fourth-order valence-electron chi connectivity index (χ4n) is 0.283. The standard InChI is InChI=1S/C5H8O3.CH6N4.ClH/c1-4(6)2-3-5(7)8;2-1(3)5-4;/h2-3H2,1H3,(H,7,8);4H2,(H4,2,3,5);1H. The molecule has 0 saturated carbocycles. The highest BCUT2D eigenvalue weighted by Gasteiger charge is 1.97.